The van der Waals surface area contributed by atoms with Crippen molar-refractivity contribution in [3.05, 3.63) is 53.6 Å². The third-order valence-electron chi connectivity index (χ3n) is 6.25. The smallest absolute Gasteiger partial charge is 0.261 e. The fraction of sp³-hybridized carbons (Fsp3) is 0.480. The van der Waals surface area contributed by atoms with Crippen molar-refractivity contribution in [3.63, 3.8) is 0 Å². The van der Waals surface area contributed by atoms with Crippen LogP contribution in [0.15, 0.2) is 47.4 Å². The van der Waals surface area contributed by atoms with Crippen LogP contribution in [0.4, 0.5) is 11.4 Å². The van der Waals surface area contributed by atoms with E-state index in [-0.39, 0.29) is 16.9 Å². The van der Waals surface area contributed by atoms with Crippen LogP contribution in [-0.4, -0.2) is 59.8 Å². The average molecular weight is 487 g/mol. The van der Waals surface area contributed by atoms with Gasteiger partial charge in [-0.15, -0.1) is 0 Å². The quantitative estimate of drug-likeness (QED) is 0.504. The van der Waals surface area contributed by atoms with Crippen LogP contribution in [0.5, 0.6) is 0 Å². The van der Waals surface area contributed by atoms with E-state index in [0.29, 0.717) is 17.8 Å². The predicted molar refractivity (Wildman–Crippen MR) is 134 cm³/mol. The number of nitrogens with one attached hydrogen (secondary N) is 3. The first-order valence-electron chi connectivity index (χ1n) is 12.1. The maximum Gasteiger partial charge on any atom is 0.261 e. The molecule has 9 heteroatoms. The number of carbonyl (C=O) groups is 1. The first-order chi connectivity index (χ1) is 16.5. The van der Waals surface area contributed by atoms with Crippen LogP contribution in [0.1, 0.15) is 42.1 Å². The van der Waals surface area contributed by atoms with Crippen LogP contribution in [0.3, 0.4) is 0 Å². The number of amides is 1. The van der Waals surface area contributed by atoms with E-state index in [1.165, 1.54) is 0 Å². The van der Waals surface area contributed by atoms with Gasteiger partial charge >= 0.3 is 0 Å². The lowest BCUT2D eigenvalue weighted by molar-refractivity contribution is 0.0858. The Labute approximate surface area is 202 Å². The van der Waals surface area contributed by atoms with E-state index in [9.17, 15) is 13.2 Å². The molecule has 0 spiro atoms. The van der Waals surface area contributed by atoms with Crippen LogP contribution < -0.4 is 20.3 Å². The van der Waals surface area contributed by atoms with Crippen LogP contribution in [-0.2, 0) is 21.2 Å². The van der Waals surface area contributed by atoms with Gasteiger partial charge in [0.2, 0.25) is 0 Å². The molecule has 2 heterocycles. The summed E-state index contributed by atoms with van der Waals surface area (Å²) in [5.74, 6) is -0.244. The zero-order chi connectivity index (χ0) is 24.0. The van der Waals surface area contributed by atoms with Crippen molar-refractivity contribution in [2.75, 3.05) is 49.0 Å². The molecule has 8 nitrogen and oxygen atoms in total. The van der Waals surface area contributed by atoms with Crippen molar-refractivity contribution >= 4 is 27.3 Å². The summed E-state index contributed by atoms with van der Waals surface area (Å²) in [5, 5.41) is 6.23. The number of benzene rings is 2. The lowest BCUT2D eigenvalue weighted by Crippen LogP contribution is -2.43. The largest absolute Gasteiger partial charge is 0.376 e. The molecule has 2 aromatic carbocycles. The second-order valence-electron chi connectivity index (χ2n) is 8.81. The van der Waals surface area contributed by atoms with Gasteiger partial charge in [-0.3, -0.25) is 9.52 Å². The molecule has 0 unspecified atom stereocenters. The molecule has 4 rings (SSSR count). The van der Waals surface area contributed by atoms with Gasteiger partial charge in [0.25, 0.3) is 15.9 Å². The molecule has 34 heavy (non-hydrogen) atoms. The average Bonchev–Trinajstić information content (AvgIpc) is 3.37. The molecular formula is C25H34N4O4S. The van der Waals surface area contributed by atoms with Crippen molar-refractivity contribution in [1.82, 2.24) is 10.6 Å². The third kappa shape index (κ3) is 6.08. The Bertz CT molecular complexity index is 1080. The number of rotatable bonds is 9. The molecule has 2 aromatic rings. The fourth-order valence-electron chi connectivity index (χ4n) is 4.38. The van der Waals surface area contributed by atoms with Crippen LogP contribution >= 0.6 is 0 Å². The molecule has 0 saturated carbocycles. The second kappa shape index (κ2) is 11.2. The Morgan fingerprint density at radius 2 is 1.91 bits per heavy atom. The summed E-state index contributed by atoms with van der Waals surface area (Å²) in [6, 6.07) is 12.2. The highest BCUT2D eigenvalue weighted by molar-refractivity contribution is 7.92. The third-order valence-corrected chi connectivity index (χ3v) is 7.63. The second-order valence-corrected chi connectivity index (χ2v) is 10.5. The van der Waals surface area contributed by atoms with Gasteiger partial charge in [0, 0.05) is 44.9 Å². The molecule has 0 aliphatic carbocycles. The van der Waals surface area contributed by atoms with Gasteiger partial charge in [-0.1, -0.05) is 25.5 Å². The Morgan fingerprint density at radius 1 is 1.15 bits per heavy atom. The minimum atomic E-state index is -3.82. The summed E-state index contributed by atoms with van der Waals surface area (Å²) in [4.78, 5) is 15.1. The first-order valence-corrected chi connectivity index (χ1v) is 13.6. The van der Waals surface area contributed by atoms with Gasteiger partial charge in [-0.05, 0) is 55.2 Å². The van der Waals surface area contributed by atoms with E-state index in [1.807, 2.05) is 18.2 Å². The highest BCUT2D eigenvalue weighted by atomic mass is 32.2. The van der Waals surface area contributed by atoms with Crippen LogP contribution in [0.25, 0.3) is 0 Å². The minimum absolute atomic E-state index is 0.0396. The number of piperazine rings is 1. The van der Waals surface area contributed by atoms with Crippen molar-refractivity contribution in [2.24, 2.45) is 0 Å². The molecule has 3 N–H and O–H groups in total. The number of sulfonamides is 1. The molecule has 1 atom stereocenters. The molecule has 2 saturated heterocycles. The number of anilines is 2. The van der Waals surface area contributed by atoms with Crippen LogP contribution in [0, 0.1) is 0 Å². The molecule has 0 radical (unpaired) electrons. The molecule has 0 aromatic heterocycles. The number of hydrogen-bond acceptors (Lipinski definition) is 6. The predicted octanol–water partition coefficient (Wildman–Crippen LogP) is 2.76. The SMILES string of the molecule is CCCc1ccc(S(=O)(=O)Nc2cc(C(=O)NC[C@@H]3CCCO3)ccc2N2CCNCC2)cc1. The molecule has 2 aliphatic heterocycles. The topological polar surface area (TPSA) is 99.8 Å². The number of carbonyl (C=O) groups excluding carboxylic acids is 1. The molecule has 2 aliphatic rings. The van der Waals surface area contributed by atoms with Gasteiger partial charge in [-0.2, -0.15) is 0 Å². The van der Waals surface area contributed by atoms with E-state index < -0.39 is 10.0 Å². The molecule has 2 fully saturated rings. The number of nitrogens with zero attached hydrogens (tertiary/aromatic N) is 1. The van der Waals surface area contributed by atoms with Crippen molar-refractivity contribution in [1.29, 1.82) is 0 Å². The van der Waals surface area contributed by atoms with E-state index >= 15 is 0 Å². The highest BCUT2D eigenvalue weighted by Gasteiger charge is 2.22. The lowest BCUT2D eigenvalue weighted by Gasteiger charge is -2.31. The van der Waals surface area contributed by atoms with Crippen molar-refractivity contribution in [3.8, 4) is 0 Å². The summed E-state index contributed by atoms with van der Waals surface area (Å²) in [6.45, 7) is 6.40. The highest BCUT2D eigenvalue weighted by Crippen LogP contribution is 2.30. The maximum absolute atomic E-state index is 13.2. The zero-order valence-corrected chi connectivity index (χ0v) is 20.5. The number of ether oxygens (including phenoxy) is 1. The maximum atomic E-state index is 13.2. The Hall–Kier alpha value is -2.62. The van der Waals surface area contributed by atoms with Gasteiger partial charge < -0.3 is 20.3 Å². The summed E-state index contributed by atoms with van der Waals surface area (Å²) in [7, 11) is -3.82. The Balaban J connectivity index is 1.57. The normalized spacial score (nSPS) is 18.6. The standard InChI is InChI=1S/C25H34N4O4S/c1-2-4-19-6-9-22(10-7-19)34(31,32)28-23-17-20(25(30)27-18-21-5-3-16-33-21)8-11-24(23)29-14-12-26-13-15-29/h6-11,17,21,26,28H,2-5,12-16,18H2,1H3,(H,27,30)/t21-/m0/s1. The van der Waals surface area contributed by atoms with Crippen molar-refractivity contribution < 1.29 is 17.9 Å². The summed E-state index contributed by atoms with van der Waals surface area (Å²) in [5.41, 5.74) is 2.69. The van der Waals surface area contributed by atoms with Gasteiger partial charge in [0.15, 0.2) is 0 Å². The minimum Gasteiger partial charge on any atom is -0.376 e. The summed E-state index contributed by atoms with van der Waals surface area (Å²) < 4.78 is 34.8. The number of aryl methyl sites for hydroxylation is 1. The number of hydrogen-bond donors (Lipinski definition) is 3. The molecule has 0 bridgehead atoms. The fourth-order valence-corrected chi connectivity index (χ4v) is 5.45. The summed E-state index contributed by atoms with van der Waals surface area (Å²) in [6.07, 6.45) is 3.89. The van der Waals surface area contributed by atoms with Gasteiger partial charge in [0.05, 0.1) is 22.4 Å². The van der Waals surface area contributed by atoms with Crippen LogP contribution in [0.2, 0.25) is 0 Å². The van der Waals surface area contributed by atoms with E-state index in [2.05, 4.69) is 27.2 Å². The monoisotopic (exact) mass is 486 g/mol. The first kappa shape index (κ1) is 24.5. The summed E-state index contributed by atoms with van der Waals surface area (Å²) >= 11 is 0. The van der Waals surface area contributed by atoms with E-state index in [0.717, 1.165) is 69.7 Å². The Morgan fingerprint density at radius 3 is 2.59 bits per heavy atom. The lowest BCUT2D eigenvalue weighted by atomic mass is 10.1. The van der Waals surface area contributed by atoms with Crippen molar-refractivity contribution in [2.45, 2.75) is 43.6 Å². The van der Waals surface area contributed by atoms with Gasteiger partial charge in [-0.25, -0.2) is 8.42 Å². The molecule has 1 amide bonds. The van der Waals surface area contributed by atoms with E-state index in [4.69, 9.17) is 4.74 Å². The molecule has 184 valence electrons. The van der Waals surface area contributed by atoms with Gasteiger partial charge in [0.1, 0.15) is 0 Å². The zero-order valence-electron chi connectivity index (χ0n) is 19.7. The molecular weight excluding hydrogens is 452 g/mol. The Kier molecular flexibility index (Phi) is 8.07. The van der Waals surface area contributed by atoms with E-state index in [1.54, 1.807) is 24.3 Å².